The number of methoxy groups -OCH3 is 1. The maximum Gasteiger partial charge on any atom is 0.250 e. The van der Waals surface area contributed by atoms with E-state index in [9.17, 15) is 0 Å². The highest BCUT2D eigenvalue weighted by Gasteiger charge is 2.39. The Hall–Kier alpha value is -1.59. The van der Waals surface area contributed by atoms with Crippen LogP contribution in [-0.2, 0) is 0 Å². The van der Waals surface area contributed by atoms with Crippen LogP contribution < -0.4 is 13.9 Å². The molecule has 1 heterocycles. The molecule has 1 aliphatic heterocycles. The molecule has 140 valence electrons. The van der Waals surface area contributed by atoms with Crippen molar-refractivity contribution in [3.8, 4) is 17.2 Å². The summed E-state index contributed by atoms with van der Waals surface area (Å²) < 4.78 is 17.9. The van der Waals surface area contributed by atoms with Crippen LogP contribution >= 0.6 is 11.8 Å². The molecule has 3 nitrogen and oxygen atoms in total. The predicted octanol–water partition coefficient (Wildman–Crippen LogP) is 6.31. The van der Waals surface area contributed by atoms with Crippen molar-refractivity contribution in [2.24, 2.45) is 0 Å². The minimum atomic E-state index is -1.83. The zero-order chi connectivity index (χ0) is 18.9. The van der Waals surface area contributed by atoms with Crippen LogP contribution in [0.25, 0.3) is 0 Å². The van der Waals surface area contributed by atoms with E-state index in [2.05, 4.69) is 52.1 Å². The summed E-state index contributed by atoms with van der Waals surface area (Å²) in [5, 5.41) is 0.187. The van der Waals surface area contributed by atoms with Crippen LogP contribution in [0.15, 0.2) is 47.4 Å². The van der Waals surface area contributed by atoms with Gasteiger partial charge in [-0.1, -0.05) is 32.9 Å². The van der Waals surface area contributed by atoms with E-state index >= 15 is 0 Å². The van der Waals surface area contributed by atoms with Gasteiger partial charge in [-0.15, -0.1) is 11.8 Å². The second-order valence-electron chi connectivity index (χ2n) is 8.16. The lowest BCUT2D eigenvalue weighted by Gasteiger charge is -2.36. The first-order chi connectivity index (χ1) is 12.2. The molecule has 0 amide bonds. The van der Waals surface area contributed by atoms with Crippen molar-refractivity contribution >= 4 is 20.1 Å². The van der Waals surface area contributed by atoms with Crippen molar-refractivity contribution in [2.75, 3.05) is 12.9 Å². The third-order valence-electron chi connectivity index (χ3n) is 5.24. The fraction of sp³-hybridized carbons (Fsp3) is 0.429. The molecule has 0 bridgehead atoms. The summed E-state index contributed by atoms with van der Waals surface area (Å²) in [5.74, 6) is 3.65. The van der Waals surface area contributed by atoms with E-state index in [1.165, 1.54) is 5.56 Å². The Balaban J connectivity index is 1.75. The Morgan fingerprint density at radius 2 is 1.69 bits per heavy atom. The lowest BCUT2D eigenvalue weighted by atomic mass is 10.1. The summed E-state index contributed by atoms with van der Waals surface area (Å²) in [4.78, 5) is 1.16. The summed E-state index contributed by atoms with van der Waals surface area (Å²) >= 11 is 1.83. The first-order valence-electron chi connectivity index (χ1n) is 8.96. The van der Waals surface area contributed by atoms with E-state index in [1.807, 2.05) is 36.0 Å². The van der Waals surface area contributed by atoms with Crippen LogP contribution in [0.5, 0.6) is 17.2 Å². The summed E-state index contributed by atoms with van der Waals surface area (Å²) in [6, 6.07) is 14.3. The largest absolute Gasteiger partial charge is 0.543 e. The third kappa shape index (κ3) is 4.04. The Morgan fingerprint density at radius 3 is 2.31 bits per heavy atom. The van der Waals surface area contributed by atoms with Gasteiger partial charge in [0, 0.05) is 5.75 Å². The molecule has 26 heavy (non-hydrogen) atoms. The molecule has 1 atom stereocenters. The second kappa shape index (κ2) is 7.20. The zero-order valence-corrected chi connectivity index (χ0v) is 18.3. The molecule has 0 saturated heterocycles. The normalized spacial score (nSPS) is 17.2. The Bertz CT molecular complexity index is 766. The summed E-state index contributed by atoms with van der Waals surface area (Å²) in [6.45, 7) is 11.3. The smallest absolute Gasteiger partial charge is 0.250 e. The van der Waals surface area contributed by atoms with E-state index in [0.717, 1.165) is 27.9 Å². The molecule has 0 radical (unpaired) electrons. The first-order valence-corrected chi connectivity index (χ1v) is 12.9. The monoisotopic (exact) mass is 388 g/mol. The fourth-order valence-corrected chi connectivity index (χ4v) is 4.62. The van der Waals surface area contributed by atoms with Crippen molar-refractivity contribution in [1.82, 2.24) is 0 Å². The fourth-order valence-electron chi connectivity index (χ4n) is 2.55. The number of fused-ring (bicyclic) bond motifs is 1. The van der Waals surface area contributed by atoms with Crippen LogP contribution in [0.4, 0.5) is 0 Å². The quantitative estimate of drug-likeness (QED) is 0.574. The molecule has 0 spiro atoms. The van der Waals surface area contributed by atoms with Gasteiger partial charge in [-0.3, -0.25) is 0 Å². The van der Waals surface area contributed by atoms with Crippen molar-refractivity contribution in [2.45, 2.75) is 49.9 Å². The minimum Gasteiger partial charge on any atom is -0.543 e. The lowest BCUT2D eigenvalue weighted by Crippen LogP contribution is -2.43. The first kappa shape index (κ1) is 19.2. The van der Waals surface area contributed by atoms with Crippen LogP contribution in [0.1, 0.15) is 32.4 Å². The van der Waals surface area contributed by atoms with Gasteiger partial charge in [-0.2, -0.15) is 0 Å². The number of benzene rings is 2. The summed E-state index contributed by atoms with van der Waals surface area (Å²) in [5.41, 5.74) is 1.17. The van der Waals surface area contributed by atoms with Gasteiger partial charge in [-0.05, 0) is 54.0 Å². The van der Waals surface area contributed by atoms with E-state index < -0.39 is 8.32 Å². The number of hydrogen-bond acceptors (Lipinski definition) is 4. The number of hydrogen-bond donors (Lipinski definition) is 0. The standard InChI is InChI=1S/C21H28O3SSi/c1-21(2,3)26(5,6)24-17-11-12-18-20(13-17)25-14-19(23-18)15-7-9-16(22-4)10-8-15/h7-13,19H,14H2,1-6H3. The van der Waals surface area contributed by atoms with Crippen LogP contribution in [0, 0.1) is 0 Å². The van der Waals surface area contributed by atoms with Crippen LogP contribution in [0.2, 0.25) is 18.1 Å². The Morgan fingerprint density at radius 1 is 1.04 bits per heavy atom. The Labute approximate surface area is 162 Å². The molecule has 2 aromatic carbocycles. The van der Waals surface area contributed by atoms with E-state index in [1.54, 1.807) is 7.11 Å². The maximum atomic E-state index is 6.43. The van der Waals surface area contributed by atoms with Gasteiger partial charge in [0.15, 0.2) is 0 Å². The summed E-state index contributed by atoms with van der Waals surface area (Å²) in [6.07, 6.45) is 0.0607. The van der Waals surface area contributed by atoms with Crippen LogP contribution in [0.3, 0.4) is 0 Å². The lowest BCUT2D eigenvalue weighted by molar-refractivity contribution is 0.220. The van der Waals surface area contributed by atoms with E-state index in [-0.39, 0.29) is 11.1 Å². The average molecular weight is 389 g/mol. The predicted molar refractivity (Wildman–Crippen MR) is 111 cm³/mol. The van der Waals surface area contributed by atoms with E-state index in [0.29, 0.717) is 0 Å². The van der Waals surface area contributed by atoms with Gasteiger partial charge >= 0.3 is 0 Å². The zero-order valence-electron chi connectivity index (χ0n) is 16.5. The van der Waals surface area contributed by atoms with Crippen molar-refractivity contribution < 1.29 is 13.9 Å². The average Bonchev–Trinajstić information content (AvgIpc) is 2.60. The molecule has 0 fully saturated rings. The number of rotatable bonds is 4. The molecule has 0 aromatic heterocycles. The molecule has 0 N–H and O–H groups in total. The van der Waals surface area contributed by atoms with Gasteiger partial charge in [0.2, 0.25) is 8.32 Å². The molecule has 5 heteroatoms. The van der Waals surface area contributed by atoms with Crippen molar-refractivity contribution in [3.63, 3.8) is 0 Å². The molecule has 0 saturated carbocycles. The van der Waals surface area contributed by atoms with Gasteiger partial charge in [-0.25, -0.2) is 0 Å². The van der Waals surface area contributed by atoms with Gasteiger partial charge < -0.3 is 13.9 Å². The molecule has 0 aliphatic carbocycles. The minimum absolute atomic E-state index is 0.0607. The molecular weight excluding hydrogens is 360 g/mol. The number of thioether (sulfide) groups is 1. The van der Waals surface area contributed by atoms with Gasteiger partial charge in [0.1, 0.15) is 23.4 Å². The van der Waals surface area contributed by atoms with Crippen molar-refractivity contribution in [1.29, 1.82) is 0 Å². The second-order valence-corrected chi connectivity index (χ2v) is 13.9. The highest BCUT2D eigenvalue weighted by atomic mass is 32.2. The molecule has 3 rings (SSSR count). The van der Waals surface area contributed by atoms with Crippen LogP contribution in [-0.4, -0.2) is 21.2 Å². The SMILES string of the molecule is COc1ccc(C2CSc3cc(O[Si](C)(C)C(C)(C)C)ccc3O2)cc1. The Kier molecular flexibility index (Phi) is 5.31. The molecule has 1 unspecified atom stereocenters. The molecular formula is C21H28O3SSi. The van der Waals surface area contributed by atoms with E-state index in [4.69, 9.17) is 13.9 Å². The molecule has 1 aliphatic rings. The molecule has 2 aromatic rings. The highest BCUT2D eigenvalue weighted by molar-refractivity contribution is 7.99. The third-order valence-corrected chi connectivity index (χ3v) is 10.7. The summed E-state index contributed by atoms with van der Waals surface area (Å²) in [7, 11) is -0.146. The van der Waals surface area contributed by atoms with Gasteiger partial charge in [0.05, 0.1) is 12.0 Å². The van der Waals surface area contributed by atoms with Crippen molar-refractivity contribution in [3.05, 3.63) is 48.0 Å². The van der Waals surface area contributed by atoms with Gasteiger partial charge in [0.25, 0.3) is 0 Å². The maximum absolute atomic E-state index is 6.43. The topological polar surface area (TPSA) is 27.7 Å². The highest BCUT2D eigenvalue weighted by Crippen LogP contribution is 2.44. The number of ether oxygens (including phenoxy) is 2.